The zero-order valence-corrected chi connectivity index (χ0v) is 9.33. The van der Waals surface area contributed by atoms with Gasteiger partial charge in [-0.1, -0.05) is 6.08 Å². The number of nitrogens with zero attached hydrogens (tertiary/aromatic N) is 1. The summed E-state index contributed by atoms with van der Waals surface area (Å²) in [6, 6.07) is 6.23. The minimum Gasteiger partial charge on any atom is -0.258 e. The highest BCUT2D eigenvalue weighted by atomic mass is 35.5. The van der Waals surface area contributed by atoms with Crippen LogP contribution in [0, 0.1) is 10.1 Å². The van der Waals surface area contributed by atoms with E-state index in [1.807, 2.05) is 6.08 Å². The van der Waals surface area contributed by atoms with Gasteiger partial charge in [-0.3, -0.25) is 10.1 Å². The van der Waals surface area contributed by atoms with Crippen LogP contribution in [0.3, 0.4) is 0 Å². The second-order valence-corrected chi connectivity index (χ2v) is 3.45. The van der Waals surface area contributed by atoms with Crippen molar-refractivity contribution < 1.29 is 4.92 Å². The van der Waals surface area contributed by atoms with Crippen molar-refractivity contribution in [2.75, 3.05) is 11.8 Å². The van der Waals surface area contributed by atoms with Crippen molar-refractivity contribution in [1.82, 2.24) is 0 Å². The molecule has 1 aromatic carbocycles. The predicted molar refractivity (Wildman–Crippen MR) is 62.5 cm³/mol. The first-order valence-electron chi connectivity index (χ1n) is 4.23. The van der Waals surface area contributed by atoms with Crippen LogP contribution in [-0.2, 0) is 0 Å². The van der Waals surface area contributed by atoms with E-state index in [0.29, 0.717) is 11.8 Å². The van der Waals surface area contributed by atoms with Crippen molar-refractivity contribution in [2.45, 2.75) is 0 Å². The van der Waals surface area contributed by atoms with E-state index in [0.717, 1.165) is 11.1 Å². The van der Waals surface area contributed by atoms with Gasteiger partial charge in [0.05, 0.1) is 4.92 Å². The highest BCUT2D eigenvalue weighted by Crippen LogP contribution is 2.15. The van der Waals surface area contributed by atoms with Crippen LogP contribution < -0.4 is 0 Å². The van der Waals surface area contributed by atoms with Crippen molar-refractivity contribution in [3.05, 3.63) is 45.5 Å². The monoisotopic (exact) mass is 245 g/mol. The Bertz CT molecular complexity index is 368. The summed E-state index contributed by atoms with van der Waals surface area (Å²) in [4.78, 5) is 9.96. The average Bonchev–Trinajstić information content (AvgIpc) is 2.26. The van der Waals surface area contributed by atoms with E-state index in [-0.39, 0.29) is 5.69 Å². The molecule has 0 heterocycles. The molecule has 0 atom stereocenters. The molecule has 0 bridgehead atoms. The number of alkyl halides is 2. The molecule has 0 aliphatic carbocycles. The van der Waals surface area contributed by atoms with E-state index in [4.69, 9.17) is 23.2 Å². The standard InChI is InChI=1S/C10H9Cl2NO2/c11-6-9(7-12)5-8-1-3-10(4-2-8)13(14)15/h1-5H,6-7H2. The number of allylic oxidation sites excluding steroid dienone is 1. The van der Waals surface area contributed by atoms with Crippen LogP contribution in [0.2, 0.25) is 0 Å². The number of rotatable bonds is 4. The maximum Gasteiger partial charge on any atom is 0.269 e. The molecule has 0 fully saturated rings. The number of halogens is 2. The smallest absolute Gasteiger partial charge is 0.258 e. The lowest BCUT2D eigenvalue weighted by molar-refractivity contribution is -0.384. The minimum atomic E-state index is -0.433. The van der Waals surface area contributed by atoms with Crippen molar-refractivity contribution >= 4 is 35.0 Å². The highest BCUT2D eigenvalue weighted by Gasteiger charge is 2.03. The molecule has 0 radical (unpaired) electrons. The molecule has 0 saturated heterocycles. The summed E-state index contributed by atoms with van der Waals surface area (Å²) in [5.74, 6) is 0.723. The van der Waals surface area contributed by atoms with Crippen LogP contribution in [0.25, 0.3) is 6.08 Å². The Morgan fingerprint density at radius 3 is 2.20 bits per heavy atom. The largest absolute Gasteiger partial charge is 0.269 e. The topological polar surface area (TPSA) is 43.1 Å². The zero-order valence-electron chi connectivity index (χ0n) is 7.82. The lowest BCUT2D eigenvalue weighted by Gasteiger charge is -1.98. The molecular weight excluding hydrogens is 237 g/mol. The van der Waals surface area contributed by atoms with Gasteiger partial charge in [-0.25, -0.2) is 0 Å². The normalized spacial score (nSPS) is 9.73. The molecule has 0 N–H and O–H groups in total. The molecule has 5 heteroatoms. The van der Waals surface area contributed by atoms with Gasteiger partial charge in [-0.05, 0) is 23.3 Å². The van der Waals surface area contributed by atoms with E-state index in [1.54, 1.807) is 12.1 Å². The maximum atomic E-state index is 10.4. The van der Waals surface area contributed by atoms with Crippen molar-refractivity contribution in [1.29, 1.82) is 0 Å². The third kappa shape index (κ3) is 3.53. The van der Waals surface area contributed by atoms with Crippen LogP contribution in [0.15, 0.2) is 29.8 Å². The molecule has 0 aliphatic rings. The number of benzene rings is 1. The summed E-state index contributed by atoms with van der Waals surface area (Å²) in [5, 5.41) is 10.4. The molecule has 1 aromatic rings. The molecule has 0 aromatic heterocycles. The van der Waals surface area contributed by atoms with Gasteiger partial charge in [0.2, 0.25) is 0 Å². The van der Waals surface area contributed by atoms with Crippen LogP contribution >= 0.6 is 23.2 Å². The minimum absolute atomic E-state index is 0.0745. The molecule has 0 aliphatic heterocycles. The fourth-order valence-electron chi connectivity index (χ4n) is 1.04. The summed E-state index contributed by atoms with van der Waals surface area (Å²) in [7, 11) is 0. The predicted octanol–water partition coefficient (Wildman–Crippen LogP) is 3.46. The number of hydrogen-bond donors (Lipinski definition) is 0. The lowest BCUT2D eigenvalue weighted by atomic mass is 10.1. The molecule has 15 heavy (non-hydrogen) atoms. The van der Waals surface area contributed by atoms with Gasteiger partial charge in [0.25, 0.3) is 5.69 Å². The second-order valence-electron chi connectivity index (χ2n) is 2.92. The zero-order chi connectivity index (χ0) is 11.3. The molecule has 1 rings (SSSR count). The van der Waals surface area contributed by atoms with Crippen molar-refractivity contribution in [3.63, 3.8) is 0 Å². The fourth-order valence-corrected chi connectivity index (χ4v) is 1.48. The molecule has 0 saturated carbocycles. The third-order valence-corrected chi connectivity index (χ3v) is 2.50. The van der Waals surface area contributed by atoms with Crippen molar-refractivity contribution in [2.24, 2.45) is 0 Å². The Morgan fingerprint density at radius 1 is 1.27 bits per heavy atom. The van der Waals surface area contributed by atoms with E-state index >= 15 is 0 Å². The third-order valence-electron chi connectivity index (χ3n) is 1.82. The van der Waals surface area contributed by atoms with E-state index in [9.17, 15) is 10.1 Å². The van der Waals surface area contributed by atoms with Crippen LogP contribution in [0.4, 0.5) is 5.69 Å². The molecule has 0 amide bonds. The first kappa shape index (κ1) is 12.0. The summed E-state index contributed by atoms with van der Waals surface area (Å²) in [6.45, 7) is 0. The van der Waals surface area contributed by atoms with Crippen molar-refractivity contribution in [3.8, 4) is 0 Å². The van der Waals surface area contributed by atoms with Gasteiger partial charge < -0.3 is 0 Å². The number of nitro groups is 1. The summed E-state index contributed by atoms with van der Waals surface area (Å²) >= 11 is 11.3. The Balaban J connectivity index is 2.89. The van der Waals surface area contributed by atoms with Gasteiger partial charge in [0, 0.05) is 23.9 Å². The van der Waals surface area contributed by atoms with Crippen LogP contribution in [0.1, 0.15) is 5.56 Å². The SMILES string of the molecule is O=[N+]([O-])c1ccc(C=C(CCl)CCl)cc1. The molecule has 0 unspecified atom stereocenters. The molecule has 80 valence electrons. The van der Waals surface area contributed by atoms with Gasteiger partial charge in [-0.2, -0.15) is 0 Å². The van der Waals surface area contributed by atoms with Crippen LogP contribution in [-0.4, -0.2) is 16.7 Å². The number of hydrogen-bond acceptors (Lipinski definition) is 2. The fraction of sp³-hybridized carbons (Fsp3) is 0.200. The quantitative estimate of drug-likeness (QED) is 0.463. The van der Waals surface area contributed by atoms with Gasteiger partial charge in [-0.15, -0.1) is 23.2 Å². The molecular formula is C10H9Cl2NO2. The average molecular weight is 246 g/mol. The Hall–Kier alpha value is -1.06. The second kappa shape index (κ2) is 5.73. The Morgan fingerprint density at radius 2 is 1.80 bits per heavy atom. The first-order chi connectivity index (χ1) is 7.17. The van der Waals surface area contributed by atoms with Gasteiger partial charge >= 0.3 is 0 Å². The summed E-state index contributed by atoms with van der Waals surface area (Å²) in [6.07, 6.45) is 1.82. The maximum absolute atomic E-state index is 10.4. The van der Waals surface area contributed by atoms with E-state index < -0.39 is 4.92 Å². The summed E-state index contributed by atoms with van der Waals surface area (Å²) < 4.78 is 0. The van der Waals surface area contributed by atoms with E-state index in [2.05, 4.69) is 0 Å². The first-order valence-corrected chi connectivity index (χ1v) is 5.30. The van der Waals surface area contributed by atoms with E-state index in [1.165, 1.54) is 12.1 Å². The number of non-ortho nitro benzene ring substituents is 1. The van der Waals surface area contributed by atoms with Gasteiger partial charge in [0.15, 0.2) is 0 Å². The summed E-state index contributed by atoms with van der Waals surface area (Å²) in [5.41, 5.74) is 1.81. The highest BCUT2D eigenvalue weighted by molar-refractivity contribution is 6.23. The Kier molecular flexibility index (Phi) is 4.59. The van der Waals surface area contributed by atoms with Crippen LogP contribution in [0.5, 0.6) is 0 Å². The Labute approximate surface area is 97.5 Å². The molecule has 0 spiro atoms. The molecule has 3 nitrogen and oxygen atoms in total. The number of nitro benzene ring substituents is 1. The van der Waals surface area contributed by atoms with Gasteiger partial charge in [0.1, 0.15) is 0 Å². The lowest BCUT2D eigenvalue weighted by Crippen LogP contribution is -1.88.